The van der Waals surface area contributed by atoms with Crippen molar-refractivity contribution in [1.82, 2.24) is 10.3 Å². The fourth-order valence-corrected chi connectivity index (χ4v) is 1.40. The van der Waals surface area contributed by atoms with Crippen LogP contribution in [0.3, 0.4) is 0 Å². The van der Waals surface area contributed by atoms with Crippen molar-refractivity contribution < 1.29 is 4.74 Å². The van der Waals surface area contributed by atoms with Gasteiger partial charge in [-0.25, -0.2) is 0 Å². The van der Waals surface area contributed by atoms with Crippen LogP contribution in [0, 0.1) is 0 Å². The Hall–Kier alpha value is -1.61. The summed E-state index contributed by atoms with van der Waals surface area (Å²) in [5, 5.41) is 4.14. The van der Waals surface area contributed by atoms with Crippen LogP contribution in [0.25, 0.3) is 10.9 Å². The van der Waals surface area contributed by atoms with Crippen molar-refractivity contribution >= 4 is 10.9 Å². The minimum atomic E-state index is 0.663. The minimum absolute atomic E-state index is 0.663. The minimum Gasteiger partial charge on any atom is -0.491 e. The molecular weight excluding hydrogens is 188 g/mol. The van der Waals surface area contributed by atoms with Gasteiger partial charge in [-0.1, -0.05) is 18.2 Å². The lowest BCUT2D eigenvalue weighted by molar-refractivity contribution is 0.318. The number of pyridine rings is 1. The number of ether oxygens (including phenoxy) is 1. The summed E-state index contributed by atoms with van der Waals surface area (Å²) in [4.78, 5) is 4.31. The van der Waals surface area contributed by atoms with Gasteiger partial charge in [-0.15, -0.1) is 0 Å². The zero-order chi connectivity index (χ0) is 10.5. The Kier molecular flexibility index (Phi) is 3.15. The summed E-state index contributed by atoms with van der Waals surface area (Å²) in [5.41, 5.74) is 0.999. The predicted octanol–water partition coefficient (Wildman–Crippen LogP) is 1.83. The molecule has 0 fully saturated rings. The maximum Gasteiger partial charge on any atom is 0.138 e. The van der Waals surface area contributed by atoms with Crippen molar-refractivity contribution in [1.29, 1.82) is 0 Å². The molecule has 15 heavy (non-hydrogen) atoms. The lowest BCUT2D eigenvalue weighted by Crippen LogP contribution is -2.15. The molecule has 0 unspecified atom stereocenters. The van der Waals surface area contributed by atoms with Crippen LogP contribution in [-0.2, 0) is 0 Å². The third-order valence-corrected chi connectivity index (χ3v) is 2.19. The van der Waals surface area contributed by atoms with Crippen LogP contribution >= 0.6 is 0 Å². The first-order valence-electron chi connectivity index (χ1n) is 5.02. The number of nitrogens with zero attached hydrogens (tertiary/aromatic N) is 1. The predicted molar refractivity (Wildman–Crippen MR) is 61.2 cm³/mol. The molecule has 0 saturated carbocycles. The van der Waals surface area contributed by atoms with E-state index < -0.39 is 0 Å². The van der Waals surface area contributed by atoms with E-state index in [9.17, 15) is 0 Å². The van der Waals surface area contributed by atoms with Gasteiger partial charge in [-0.2, -0.15) is 0 Å². The Balaban J connectivity index is 2.16. The number of likely N-dealkylation sites (N-methyl/N-ethyl adjacent to an activating group) is 1. The number of rotatable bonds is 4. The highest BCUT2D eigenvalue weighted by Gasteiger charge is 1.97. The molecule has 78 valence electrons. The van der Waals surface area contributed by atoms with Crippen molar-refractivity contribution in [2.24, 2.45) is 0 Å². The Bertz CT molecular complexity index is 442. The molecule has 0 aliphatic carbocycles. The van der Waals surface area contributed by atoms with Crippen molar-refractivity contribution in [3.05, 3.63) is 36.5 Å². The first kappa shape index (κ1) is 9.93. The number of hydrogen-bond donors (Lipinski definition) is 1. The van der Waals surface area contributed by atoms with E-state index in [1.54, 1.807) is 6.20 Å². The average Bonchev–Trinajstić information content (AvgIpc) is 2.29. The molecule has 2 rings (SSSR count). The number of hydrogen-bond acceptors (Lipinski definition) is 3. The van der Waals surface area contributed by atoms with Gasteiger partial charge in [0.05, 0.1) is 11.7 Å². The number of benzene rings is 1. The smallest absolute Gasteiger partial charge is 0.138 e. The highest BCUT2D eigenvalue weighted by atomic mass is 16.5. The van der Waals surface area contributed by atoms with Crippen LogP contribution in [0.4, 0.5) is 0 Å². The molecule has 2 aromatic rings. The molecule has 0 radical (unpaired) electrons. The van der Waals surface area contributed by atoms with Gasteiger partial charge in [0, 0.05) is 11.9 Å². The summed E-state index contributed by atoms with van der Waals surface area (Å²) < 4.78 is 5.53. The maximum absolute atomic E-state index is 5.53. The Morgan fingerprint density at radius 2 is 2.20 bits per heavy atom. The molecule has 1 aromatic heterocycles. The number of aromatic nitrogens is 1. The molecule has 0 atom stereocenters. The van der Waals surface area contributed by atoms with Gasteiger partial charge in [0.1, 0.15) is 12.4 Å². The fraction of sp³-hybridized carbons (Fsp3) is 0.250. The average molecular weight is 202 g/mol. The molecule has 3 nitrogen and oxygen atoms in total. The second-order valence-corrected chi connectivity index (χ2v) is 3.32. The van der Waals surface area contributed by atoms with Gasteiger partial charge >= 0.3 is 0 Å². The second kappa shape index (κ2) is 4.75. The van der Waals surface area contributed by atoms with Gasteiger partial charge in [-0.3, -0.25) is 4.98 Å². The van der Waals surface area contributed by atoms with E-state index in [0.29, 0.717) is 6.61 Å². The Labute approximate surface area is 89.1 Å². The van der Waals surface area contributed by atoms with Crippen LogP contribution in [0.15, 0.2) is 36.5 Å². The van der Waals surface area contributed by atoms with Crippen LogP contribution in [0.5, 0.6) is 5.75 Å². The van der Waals surface area contributed by atoms with E-state index in [-0.39, 0.29) is 0 Å². The molecule has 1 heterocycles. The Morgan fingerprint density at radius 1 is 1.33 bits per heavy atom. The number of nitrogens with one attached hydrogen (secondary N) is 1. The SMILES string of the molecule is CNCCOc1cnc2ccccc2c1. The quantitative estimate of drug-likeness (QED) is 0.768. The summed E-state index contributed by atoms with van der Waals surface area (Å²) in [6.45, 7) is 1.50. The largest absolute Gasteiger partial charge is 0.491 e. The van der Waals surface area contributed by atoms with Crippen molar-refractivity contribution in [3.8, 4) is 5.75 Å². The summed E-state index contributed by atoms with van der Waals surface area (Å²) >= 11 is 0. The van der Waals surface area contributed by atoms with Crippen molar-refractivity contribution in [2.45, 2.75) is 0 Å². The summed E-state index contributed by atoms with van der Waals surface area (Å²) in [7, 11) is 1.90. The molecule has 1 N–H and O–H groups in total. The van der Waals surface area contributed by atoms with Crippen LogP contribution in [0.1, 0.15) is 0 Å². The molecule has 0 bridgehead atoms. The zero-order valence-corrected chi connectivity index (χ0v) is 8.73. The number of para-hydroxylation sites is 1. The Morgan fingerprint density at radius 3 is 3.07 bits per heavy atom. The summed E-state index contributed by atoms with van der Waals surface area (Å²) in [5.74, 6) is 0.823. The molecular formula is C12H14N2O. The van der Waals surface area contributed by atoms with E-state index in [4.69, 9.17) is 4.74 Å². The van der Waals surface area contributed by atoms with E-state index in [1.165, 1.54) is 0 Å². The standard InChI is InChI=1S/C12H14N2O/c1-13-6-7-15-11-8-10-4-2-3-5-12(10)14-9-11/h2-5,8-9,13H,6-7H2,1H3. The van der Waals surface area contributed by atoms with Crippen LogP contribution in [0.2, 0.25) is 0 Å². The topological polar surface area (TPSA) is 34.1 Å². The van der Waals surface area contributed by atoms with E-state index in [1.807, 2.05) is 37.4 Å². The maximum atomic E-state index is 5.53. The van der Waals surface area contributed by atoms with E-state index >= 15 is 0 Å². The van der Waals surface area contributed by atoms with Gasteiger partial charge in [0.25, 0.3) is 0 Å². The normalized spacial score (nSPS) is 10.5. The van der Waals surface area contributed by atoms with Crippen LogP contribution < -0.4 is 10.1 Å². The summed E-state index contributed by atoms with van der Waals surface area (Å²) in [6, 6.07) is 10.0. The molecule has 0 amide bonds. The summed E-state index contributed by atoms with van der Waals surface area (Å²) in [6.07, 6.45) is 1.76. The first-order valence-corrected chi connectivity index (χ1v) is 5.02. The van der Waals surface area contributed by atoms with Gasteiger partial charge < -0.3 is 10.1 Å². The lowest BCUT2D eigenvalue weighted by atomic mass is 10.2. The van der Waals surface area contributed by atoms with Crippen molar-refractivity contribution in [3.63, 3.8) is 0 Å². The van der Waals surface area contributed by atoms with E-state index in [2.05, 4.69) is 10.3 Å². The molecule has 1 aromatic carbocycles. The third-order valence-electron chi connectivity index (χ3n) is 2.19. The second-order valence-electron chi connectivity index (χ2n) is 3.32. The first-order chi connectivity index (χ1) is 7.40. The fourth-order valence-electron chi connectivity index (χ4n) is 1.40. The zero-order valence-electron chi connectivity index (χ0n) is 8.73. The number of fused-ring (bicyclic) bond motifs is 1. The van der Waals surface area contributed by atoms with Crippen LogP contribution in [-0.4, -0.2) is 25.2 Å². The highest BCUT2D eigenvalue weighted by molar-refractivity contribution is 5.79. The molecule has 0 spiro atoms. The highest BCUT2D eigenvalue weighted by Crippen LogP contribution is 2.17. The van der Waals surface area contributed by atoms with Gasteiger partial charge in [0.2, 0.25) is 0 Å². The van der Waals surface area contributed by atoms with Crippen molar-refractivity contribution in [2.75, 3.05) is 20.2 Å². The van der Waals surface area contributed by atoms with Gasteiger partial charge in [-0.05, 0) is 19.2 Å². The molecule has 0 saturated heterocycles. The van der Waals surface area contributed by atoms with E-state index in [0.717, 1.165) is 23.2 Å². The lowest BCUT2D eigenvalue weighted by Gasteiger charge is -2.05. The molecule has 3 heteroatoms. The van der Waals surface area contributed by atoms with Gasteiger partial charge in [0.15, 0.2) is 0 Å². The monoisotopic (exact) mass is 202 g/mol. The molecule has 0 aliphatic heterocycles. The molecule has 0 aliphatic rings. The third kappa shape index (κ3) is 2.44.